The van der Waals surface area contributed by atoms with Gasteiger partial charge in [0.1, 0.15) is 11.4 Å². The molecule has 0 spiro atoms. The van der Waals surface area contributed by atoms with Crippen molar-refractivity contribution in [1.29, 1.82) is 0 Å². The monoisotopic (exact) mass is 313 g/mol. The van der Waals surface area contributed by atoms with Crippen molar-refractivity contribution in [3.05, 3.63) is 53.6 Å². The Kier molecular flexibility index (Phi) is 4.13. The Morgan fingerprint density at radius 2 is 1.68 bits per heavy atom. The first-order valence-corrected chi connectivity index (χ1v) is 6.58. The highest BCUT2D eigenvalue weighted by molar-refractivity contribution is 5.36. The molecule has 1 heterocycles. The molecule has 1 aromatic carbocycles. The van der Waals surface area contributed by atoms with Crippen molar-refractivity contribution in [3.63, 3.8) is 0 Å². The molecule has 2 rings (SSSR count). The van der Waals surface area contributed by atoms with Crippen LogP contribution in [-0.2, 0) is 11.6 Å². The van der Waals surface area contributed by atoms with Gasteiger partial charge in [-0.2, -0.15) is 13.2 Å². The van der Waals surface area contributed by atoms with Gasteiger partial charge < -0.3 is 4.74 Å². The van der Waals surface area contributed by atoms with Crippen molar-refractivity contribution in [2.45, 2.75) is 32.4 Å². The summed E-state index contributed by atoms with van der Waals surface area (Å²) >= 11 is 0. The van der Waals surface area contributed by atoms with Gasteiger partial charge in [-0.3, -0.25) is 0 Å². The van der Waals surface area contributed by atoms with Gasteiger partial charge in [0.25, 0.3) is 0 Å². The van der Waals surface area contributed by atoms with Gasteiger partial charge >= 0.3 is 6.18 Å². The third kappa shape index (κ3) is 3.75. The van der Waals surface area contributed by atoms with Gasteiger partial charge in [0.05, 0.1) is 6.20 Å². The van der Waals surface area contributed by atoms with Crippen molar-refractivity contribution < 1.29 is 22.3 Å². The van der Waals surface area contributed by atoms with Gasteiger partial charge in [0.2, 0.25) is 0 Å². The van der Waals surface area contributed by atoms with Gasteiger partial charge in [-0.05, 0) is 35.2 Å². The molecular formula is C16H15F4NO. The SMILES string of the molecule is CC(C)(C)c1ccc(Oc2ccc(C(F)(F)F)nc2)c(F)c1. The van der Waals surface area contributed by atoms with Crippen molar-refractivity contribution in [2.24, 2.45) is 0 Å². The lowest BCUT2D eigenvalue weighted by atomic mass is 9.87. The van der Waals surface area contributed by atoms with Crippen molar-refractivity contribution in [2.75, 3.05) is 0 Å². The molecule has 6 heteroatoms. The summed E-state index contributed by atoms with van der Waals surface area (Å²) < 4.78 is 56.5. The number of halogens is 4. The number of rotatable bonds is 2. The van der Waals surface area contributed by atoms with E-state index in [9.17, 15) is 17.6 Å². The van der Waals surface area contributed by atoms with E-state index in [0.717, 1.165) is 23.9 Å². The third-order valence-corrected chi connectivity index (χ3v) is 3.05. The average Bonchev–Trinajstić information content (AvgIpc) is 2.39. The molecule has 2 aromatic rings. The minimum absolute atomic E-state index is 0.0374. The fourth-order valence-electron chi connectivity index (χ4n) is 1.79. The molecule has 0 aliphatic carbocycles. The normalized spacial score (nSPS) is 12.3. The van der Waals surface area contributed by atoms with E-state index in [1.165, 1.54) is 12.1 Å². The van der Waals surface area contributed by atoms with Crippen LogP contribution >= 0.6 is 0 Å². The van der Waals surface area contributed by atoms with E-state index in [1.807, 2.05) is 20.8 Å². The third-order valence-electron chi connectivity index (χ3n) is 3.05. The van der Waals surface area contributed by atoms with Crippen LogP contribution in [0.15, 0.2) is 36.5 Å². The summed E-state index contributed by atoms with van der Waals surface area (Å²) in [5.41, 5.74) is -0.443. The van der Waals surface area contributed by atoms with E-state index in [4.69, 9.17) is 4.74 Å². The molecule has 0 fully saturated rings. The van der Waals surface area contributed by atoms with E-state index < -0.39 is 17.7 Å². The van der Waals surface area contributed by atoms with Crippen LogP contribution in [0.2, 0.25) is 0 Å². The molecule has 0 unspecified atom stereocenters. The highest BCUT2D eigenvalue weighted by Gasteiger charge is 2.32. The number of alkyl halides is 3. The first-order valence-electron chi connectivity index (χ1n) is 6.58. The topological polar surface area (TPSA) is 22.1 Å². The molecule has 0 radical (unpaired) electrons. The highest BCUT2D eigenvalue weighted by atomic mass is 19.4. The maximum Gasteiger partial charge on any atom is 0.433 e. The number of aromatic nitrogens is 1. The van der Waals surface area contributed by atoms with Crippen LogP contribution < -0.4 is 4.74 Å². The van der Waals surface area contributed by atoms with Crippen LogP contribution in [0.1, 0.15) is 32.0 Å². The van der Waals surface area contributed by atoms with Gasteiger partial charge in [0, 0.05) is 0 Å². The Hall–Kier alpha value is -2.11. The number of hydrogen-bond donors (Lipinski definition) is 0. The Morgan fingerprint density at radius 3 is 2.14 bits per heavy atom. The van der Waals surface area contributed by atoms with E-state index in [0.29, 0.717) is 0 Å². The first-order chi connectivity index (χ1) is 10.1. The molecule has 0 atom stereocenters. The zero-order chi connectivity index (χ0) is 16.5. The largest absolute Gasteiger partial charge is 0.453 e. The van der Waals surface area contributed by atoms with Crippen molar-refractivity contribution in [1.82, 2.24) is 4.98 Å². The van der Waals surface area contributed by atoms with Gasteiger partial charge in [0.15, 0.2) is 11.6 Å². The summed E-state index contributed by atoms with van der Waals surface area (Å²) in [5, 5.41) is 0. The van der Waals surface area contributed by atoms with Crippen LogP contribution in [-0.4, -0.2) is 4.98 Å². The zero-order valence-electron chi connectivity index (χ0n) is 12.3. The Labute approximate surface area is 125 Å². The first kappa shape index (κ1) is 16.3. The van der Waals surface area contributed by atoms with Crippen LogP contribution in [0.3, 0.4) is 0 Å². The van der Waals surface area contributed by atoms with Gasteiger partial charge in [-0.25, -0.2) is 9.37 Å². The molecule has 0 N–H and O–H groups in total. The molecule has 0 saturated carbocycles. The number of pyridine rings is 1. The van der Waals surface area contributed by atoms with Crippen LogP contribution in [0.25, 0.3) is 0 Å². The fraction of sp³-hybridized carbons (Fsp3) is 0.312. The predicted octanol–water partition coefficient (Wildman–Crippen LogP) is 5.33. The number of benzene rings is 1. The molecule has 0 aliphatic heterocycles. The number of nitrogens with zero attached hydrogens (tertiary/aromatic N) is 1. The van der Waals surface area contributed by atoms with Crippen LogP contribution in [0.5, 0.6) is 11.5 Å². The average molecular weight is 313 g/mol. The Bertz CT molecular complexity index is 657. The molecule has 1 aromatic heterocycles. The van der Waals surface area contributed by atoms with E-state index in [1.54, 1.807) is 6.07 Å². The Balaban J connectivity index is 2.21. The van der Waals surface area contributed by atoms with E-state index in [2.05, 4.69) is 4.98 Å². The Morgan fingerprint density at radius 1 is 1.00 bits per heavy atom. The summed E-state index contributed by atoms with van der Waals surface area (Å²) in [5.74, 6) is -0.600. The quantitative estimate of drug-likeness (QED) is 0.699. The second-order valence-electron chi connectivity index (χ2n) is 5.87. The lowest BCUT2D eigenvalue weighted by Crippen LogP contribution is -2.11. The molecule has 2 nitrogen and oxygen atoms in total. The standard InChI is InChI=1S/C16H15F4NO/c1-15(2,3)10-4-6-13(12(17)8-10)22-11-5-7-14(21-9-11)16(18,19)20/h4-9H,1-3H3. The number of hydrogen-bond acceptors (Lipinski definition) is 2. The predicted molar refractivity (Wildman–Crippen MR) is 74.4 cm³/mol. The fourth-order valence-corrected chi connectivity index (χ4v) is 1.79. The van der Waals surface area contributed by atoms with Crippen LogP contribution in [0.4, 0.5) is 17.6 Å². The van der Waals surface area contributed by atoms with E-state index >= 15 is 0 Å². The van der Waals surface area contributed by atoms with Crippen LogP contribution in [0, 0.1) is 5.82 Å². The summed E-state index contributed by atoms with van der Waals surface area (Å²) in [7, 11) is 0. The molecule has 22 heavy (non-hydrogen) atoms. The molecule has 0 saturated heterocycles. The lowest BCUT2D eigenvalue weighted by Gasteiger charge is -2.19. The molecule has 0 aliphatic rings. The summed E-state index contributed by atoms with van der Waals surface area (Å²) in [6.07, 6.45) is -3.60. The summed E-state index contributed by atoms with van der Waals surface area (Å²) in [4.78, 5) is 3.26. The summed E-state index contributed by atoms with van der Waals surface area (Å²) in [6.45, 7) is 5.84. The zero-order valence-corrected chi connectivity index (χ0v) is 12.3. The van der Waals surface area contributed by atoms with Crippen molar-refractivity contribution >= 4 is 0 Å². The van der Waals surface area contributed by atoms with Crippen molar-refractivity contribution in [3.8, 4) is 11.5 Å². The van der Waals surface area contributed by atoms with Gasteiger partial charge in [-0.15, -0.1) is 0 Å². The molecule has 0 amide bonds. The van der Waals surface area contributed by atoms with Gasteiger partial charge in [-0.1, -0.05) is 26.8 Å². The van der Waals surface area contributed by atoms with E-state index in [-0.39, 0.29) is 16.9 Å². The lowest BCUT2D eigenvalue weighted by molar-refractivity contribution is -0.141. The maximum atomic E-state index is 14.0. The minimum Gasteiger partial charge on any atom is -0.453 e. The molecule has 0 bridgehead atoms. The smallest absolute Gasteiger partial charge is 0.433 e. The highest BCUT2D eigenvalue weighted by Crippen LogP contribution is 2.31. The second kappa shape index (κ2) is 5.59. The second-order valence-corrected chi connectivity index (χ2v) is 5.87. The minimum atomic E-state index is -4.52. The molecular weight excluding hydrogens is 298 g/mol. The summed E-state index contributed by atoms with van der Waals surface area (Å²) in [6, 6.07) is 6.42. The molecule has 118 valence electrons. The maximum absolute atomic E-state index is 14.0. The number of ether oxygens (including phenoxy) is 1.